The van der Waals surface area contributed by atoms with Gasteiger partial charge in [-0.25, -0.2) is 4.98 Å². The van der Waals surface area contributed by atoms with Crippen LogP contribution in [0.4, 0.5) is 5.82 Å². The predicted octanol–water partition coefficient (Wildman–Crippen LogP) is 4.70. The van der Waals surface area contributed by atoms with Crippen LogP contribution in [0.25, 0.3) is 11.3 Å². The second-order valence-electron chi connectivity index (χ2n) is 6.55. The number of hydrogen-bond donors (Lipinski definition) is 0. The van der Waals surface area contributed by atoms with E-state index < -0.39 is 0 Å². The first kappa shape index (κ1) is 16.0. The van der Waals surface area contributed by atoms with Gasteiger partial charge in [0.1, 0.15) is 5.82 Å². The summed E-state index contributed by atoms with van der Waals surface area (Å²) in [5, 5.41) is 0. The van der Waals surface area contributed by atoms with Gasteiger partial charge in [0.15, 0.2) is 0 Å². The molecule has 0 bridgehead atoms. The summed E-state index contributed by atoms with van der Waals surface area (Å²) in [5.74, 6) is 1.19. The fraction of sp³-hybridized carbons (Fsp3) is 0.500. The van der Waals surface area contributed by atoms with Crippen molar-refractivity contribution in [2.45, 2.75) is 52.9 Å². The van der Waals surface area contributed by atoms with Gasteiger partial charge in [-0.1, -0.05) is 13.3 Å². The Morgan fingerprint density at radius 2 is 1.70 bits per heavy atom. The molecule has 122 valence electrons. The van der Waals surface area contributed by atoms with Gasteiger partial charge in [0.05, 0.1) is 5.69 Å². The molecule has 0 aromatic carbocycles. The summed E-state index contributed by atoms with van der Waals surface area (Å²) < 4.78 is 0. The van der Waals surface area contributed by atoms with Gasteiger partial charge in [-0.15, -0.1) is 0 Å². The van der Waals surface area contributed by atoms with Crippen LogP contribution >= 0.6 is 0 Å². The number of aromatic nitrogens is 2. The predicted molar refractivity (Wildman–Crippen MR) is 97.0 cm³/mol. The van der Waals surface area contributed by atoms with Crippen LogP contribution in [-0.4, -0.2) is 23.1 Å². The molecule has 0 aliphatic carbocycles. The van der Waals surface area contributed by atoms with Crippen molar-refractivity contribution in [3.05, 3.63) is 41.2 Å². The average molecular weight is 309 g/mol. The molecule has 0 spiro atoms. The molecule has 2 aromatic heterocycles. The molecule has 0 atom stereocenters. The Labute approximate surface area is 139 Å². The van der Waals surface area contributed by atoms with Crippen LogP contribution in [0.15, 0.2) is 24.5 Å². The Morgan fingerprint density at radius 1 is 1.00 bits per heavy atom. The van der Waals surface area contributed by atoms with Crippen LogP contribution < -0.4 is 4.90 Å². The van der Waals surface area contributed by atoms with Crippen molar-refractivity contribution in [2.24, 2.45) is 0 Å². The zero-order valence-corrected chi connectivity index (χ0v) is 14.6. The van der Waals surface area contributed by atoms with Gasteiger partial charge in [-0.3, -0.25) is 4.98 Å². The number of nitrogens with zero attached hydrogens (tertiary/aromatic N) is 3. The Morgan fingerprint density at radius 3 is 2.35 bits per heavy atom. The van der Waals surface area contributed by atoms with Gasteiger partial charge in [0.25, 0.3) is 0 Å². The lowest BCUT2D eigenvalue weighted by Gasteiger charge is -2.31. The molecule has 1 aliphatic rings. The second-order valence-corrected chi connectivity index (χ2v) is 6.55. The summed E-state index contributed by atoms with van der Waals surface area (Å²) in [6, 6.07) is 4.16. The smallest absolute Gasteiger partial charge is 0.132 e. The van der Waals surface area contributed by atoms with Gasteiger partial charge < -0.3 is 4.90 Å². The normalized spacial score (nSPS) is 15.0. The van der Waals surface area contributed by atoms with Crippen molar-refractivity contribution in [1.82, 2.24) is 9.97 Å². The molecule has 2 aromatic rings. The topological polar surface area (TPSA) is 29.0 Å². The number of anilines is 1. The minimum atomic E-state index is 1.08. The SMILES string of the molecule is CCCc1c(-c2ccncc2)nc(N2CCCCC2)c(C)c1C. The zero-order valence-electron chi connectivity index (χ0n) is 14.6. The van der Waals surface area contributed by atoms with Gasteiger partial charge in [-0.05, 0) is 68.4 Å². The van der Waals surface area contributed by atoms with Gasteiger partial charge in [-0.2, -0.15) is 0 Å². The summed E-state index contributed by atoms with van der Waals surface area (Å²) in [4.78, 5) is 11.8. The summed E-state index contributed by atoms with van der Waals surface area (Å²) in [7, 11) is 0. The highest BCUT2D eigenvalue weighted by Gasteiger charge is 2.20. The maximum Gasteiger partial charge on any atom is 0.132 e. The minimum absolute atomic E-state index is 1.08. The van der Waals surface area contributed by atoms with Crippen molar-refractivity contribution >= 4 is 5.82 Å². The van der Waals surface area contributed by atoms with Crippen molar-refractivity contribution in [1.29, 1.82) is 0 Å². The minimum Gasteiger partial charge on any atom is -0.356 e. The van der Waals surface area contributed by atoms with Crippen molar-refractivity contribution in [2.75, 3.05) is 18.0 Å². The van der Waals surface area contributed by atoms with Crippen LogP contribution in [0.2, 0.25) is 0 Å². The summed E-state index contributed by atoms with van der Waals surface area (Å²) in [6.07, 6.45) is 9.86. The summed E-state index contributed by atoms with van der Waals surface area (Å²) in [5.41, 5.74) is 6.50. The first-order valence-electron chi connectivity index (χ1n) is 8.87. The molecule has 3 rings (SSSR count). The fourth-order valence-corrected chi connectivity index (χ4v) is 3.55. The number of rotatable bonds is 4. The van der Waals surface area contributed by atoms with E-state index >= 15 is 0 Å². The standard InChI is InChI=1S/C20H27N3/c1-4-8-18-15(2)16(3)20(23-13-6-5-7-14-23)22-19(18)17-9-11-21-12-10-17/h9-12H,4-8,13-14H2,1-3H3. The molecule has 3 heterocycles. The molecule has 0 saturated carbocycles. The monoisotopic (exact) mass is 309 g/mol. The summed E-state index contributed by atoms with van der Waals surface area (Å²) >= 11 is 0. The quantitative estimate of drug-likeness (QED) is 0.819. The van der Waals surface area contributed by atoms with E-state index in [0.29, 0.717) is 0 Å². The Bertz CT molecular complexity index is 658. The van der Waals surface area contributed by atoms with E-state index in [1.54, 1.807) is 0 Å². The maximum atomic E-state index is 5.14. The van der Waals surface area contributed by atoms with Crippen LogP contribution in [0.3, 0.4) is 0 Å². The Kier molecular flexibility index (Phi) is 4.94. The average Bonchev–Trinajstić information content (AvgIpc) is 2.61. The summed E-state index contributed by atoms with van der Waals surface area (Å²) in [6.45, 7) is 9.01. The van der Waals surface area contributed by atoms with Crippen LogP contribution in [0, 0.1) is 13.8 Å². The molecule has 3 heteroatoms. The molecule has 0 N–H and O–H groups in total. The Hall–Kier alpha value is -1.90. The third-order valence-electron chi connectivity index (χ3n) is 4.96. The van der Waals surface area contributed by atoms with E-state index in [4.69, 9.17) is 4.98 Å². The highest BCUT2D eigenvalue weighted by molar-refractivity contribution is 5.69. The van der Waals surface area contributed by atoms with E-state index in [9.17, 15) is 0 Å². The van der Waals surface area contributed by atoms with Gasteiger partial charge >= 0.3 is 0 Å². The third-order valence-corrected chi connectivity index (χ3v) is 4.96. The highest BCUT2D eigenvalue weighted by atomic mass is 15.2. The lowest BCUT2D eigenvalue weighted by Crippen LogP contribution is -2.31. The largest absolute Gasteiger partial charge is 0.356 e. The molecule has 0 radical (unpaired) electrons. The van der Waals surface area contributed by atoms with E-state index in [-0.39, 0.29) is 0 Å². The fourth-order valence-electron chi connectivity index (χ4n) is 3.55. The van der Waals surface area contributed by atoms with Gasteiger partial charge in [0.2, 0.25) is 0 Å². The van der Waals surface area contributed by atoms with Crippen LogP contribution in [0.1, 0.15) is 49.3 Å². The Balaban J connectivity index is 2.13. The van der Waals surface area contributed by atoms with Crippen LogP contribution in [-0.2, 0) is 6.42 Å². The molecule has 0 unspecified atom stereocenters. The number of hydrogen-bond acceptors (Lipinski definition) is 3. The van der Waals surface area contributed by atoms with Gasteiger partial charge in [0, 0.05) is 31.0 Å². The molecule has 1 saturated heterocycles. The molecular weight excluding hydrogens is 282 g/mol. The first-order chi connectivity index (χ1) is 11.2. The van der Waals surface area contributed by atoms with E-state index in [1.807, 2.05) is 12.4 Å². The first-order valence-corrected chi connectivity index (χ1v) is 8.87. The zero-order chi connectivity index (χ0) is 16.2. The lowest BCUT2D eigenvalue weighted by atomic mass is 9.95. The van der Waals surface area contributed by atoms with Crippen molar-refractivity contribution in [3.8, 4) is 11.3 Å². The van der Waals surface area contributed by atoms with E-state index in [0.717, 1.165) is 31.6 Å². The second kappa shape index (κ2) is 7.12. The number of pyridine rings is 2. The molecule has 1 fully saturated rings. The van der Waals surface area contributed by atoms with Crippen molar-refractivity contribution < 1.29 is 0 Å². The highest BCUT2D eigenvalue weighted by Crippen LogP contribution is 2.33. The van der Waals surface area contributed by atoms with E-state index in [2.05, 4.69) is 42.8 Å². The van der Waals surface area contributed by atoms with Crippen LogP contribution in [0.5, 0.6) is 0 Å². The van der Waals surface area contributed by atoms with E-state index in [1.165, 1.54) is 47.3 Å². The molecule has 1 aliphatic heterocycles. The molecular formula is C20H27N3. The molecule has 23 heavy (non-hydrogen) atoms. The molecule has 0 amide bonds. The maximum absolute atomic E-state index is 5.14. The molecule has 3 nitrogen and oxygen atoms in total. The van der Waals surface area contributed by atoms with Crippen molar-refractivity contribution in [3.63, 3.8) is 0 Å². The lowest BCUT2D eigenvalue weighted by molar-refractivity contribution is 0.572. The number of piperidine rings is 1. The third kappa shape index (κ3) is 3.24.